The lowest BCUT2D eigenvalue weighted by molar-refractivity contribution is -0.0617. The maximum Gasteiger partial charge on any atom is 0.00695 e. The molecule has 0 aromatic carbocycles. The van der Waals surface area contributed by atoms with Gasteiger partial charge in [-0.2, -0.15) is 0 Å². The molecule has 1 nitrogen and oxygen atoms in total. The summed E-state index contributed by atoms with van der Waals surface area (Å²) in [5, 5.41) is 3.99. The first-order chi connectivity index (χ1) is 9.71. The fourth-order valence-corrected chi connectivity index (χ4v) is 6.92. The van der Waals surface area contributed by atoms with E-state index < -0.39 is 0 Å². The SMILES string of the molecule is CC(CC12CC3CC(CC(C3)C1)C2)NC1CCCCC1. The predicted octanol–water partition coefficient (Wildman–Crippen LogP) is 4.90. The van der Waals surface area contributed by atoms with Crippen LogP contribution in [0.4, 0.5) is 0 Å². The molecule has 0 saturated heterocycles. The normalized spacial score (nSPS) is 45.8. The van der Waals surface area contributed by atoms with Crippen molar-refractivity contribution in [2.75, 3.05) is 0 Å². The second-order valence-electron chi connectivity index (χ2n) is 9.02. The van der Waals surface area contributed by atoms with Crippen molar-refractivity contribution in [2.45, 2.75) is 96.1 Å². The second kappa shape index (κ2) is 5.30. The van der Waals surface area contributed by atoms with Crippen LogP contribution in [0.15, 0.2) is 0 Å². The third kappa shape index (κ3) is 2.67. The molecule has 0 aliphatic heterocycles. The van der Waals surface area contributed by atoms with Crippen molar-refractivity contribution in [2.24, 2.45) is 23.2 Å². The Bertz CT molecular complexity index is 306. The maximum atomic E-state index is 3.99. The van der Waals surface area contributed by atoms with E-state index in [1.165, 1.54) is 38.5 Å². The Morgan fingerprint density at radius 3 is 2.00 bits per heavy atom. The summed E-state index contributed by atoms with van der Waals surface area (Å²) < 4.78 is 0. The van der Waals surface area contributed by atoms with Gasteiger partial charge >= 0.3 is 0 Å². The van der Waals surface area contributed by atoms with E-state index >= 15 is 0 Å². The Morgan fingerprint density at radius 1 is 0.900 bits per heavy atom. The highest BCUT2D eigenvalue weighted by Gasteiger charge is 2.50. The van der Waals surface area contributed by atoms with Gasteiger partial charge < -0.3 is 5.32 Å². The molecule has 20 heavy (non-hydrogen) atoms. The van der Waals surface area contributed by atoms with E-state index in [-0.39, 0.29) is 0 Å². The van der Waals surface area contributed by atoms with Crippen LogP contribution < -0.4 is 5.32 Å². The fourth-order valence-electron chi connectivity index (χ4n) is 6.92. The van der Waals surface area contributed by atoms with Gasteiger partial charge in [0.05, 0.1) is 0 Å². The summed E-state index contributed by atoms with van der Waals surface area (Å²) in [5.41, 5.74) is 0.760. The summed E-state index contributed by atoms with van der Waals surface area (Å²) in [7, 11) is 0. The molecule has 1 unspecified atom stereocenters. The quantitative estimate of drug-likeness (QED) is 0.769. The highest BCUT2D eigenvalue weighted by atomic mass is 14.9. The van der Waals surface area contributed by atoms with Crippen molar-refractivity contribution in [1.82, 2.24) is 5.32 Å². The molecule has 0 spiro atoms. The maximum absolute atomic E-state index is 3.99. The molecule has 5 rings (SSSR count). The van der Waals surface area contributed by atoms with E-state index in [0.717, 1.165) is 35.3 Å². The highest BCUT2D eigenvalue weighted by molar-refractivity contribution is 5.02. The molecule has 0 radical (unpaired) electrons. The number of hydrogen-bond donors (Lipinski definition) is 1. The Labute approximate surface area is 125 Å². The zero-order valence-electron chi connectivity index (χ0n) is 13.4. The van der Waals surface area contributed by atoms with Crippen molar-refractivity contribution in [3.8, 4) is 0 Å². The van der Waals surface area contributed by atoms with Crippen molar-refractivity contribution in [3.05, 3.63) is 0 Å². The predicted molar refractivity (Wildman–Crippen MR) is 84.7 cm³/mol. The van der Waals surface area contributed by atoms with Crippen LogP contribution in [0.3, 0.4) is 0 Å². The minimum atomic E-state index is 0.759. The average molecular weight is 275 g/mol. The molecule has 0 aromatic heterocycles. The Balaban J connectivity index is 1.36. The molecule has 0 aromatic rings. The summed E-state index contributed by atoms with van der Waals surface area (Å²) >= 11 is 0. The summed E-state index contributed by atoms with van der Waals surface area (Å²) in [6.07, 6.45) is 18.2. The van der Waals surface area contributed by atoms with Gasteiger partial charge in [-0.1, -0.05) is 19.3 Å². The smallest absolute Gasteiger partial charge is 0.00695 e. The molecule has 0 heterocycles. The van der Waals surface area contributed by atoms with E-state index in [2.05, 4.69) is 12.2 Å². The third-order valence-electron chi connectivity index (χ3n) is 7.03. The summed E-state index contributed by atoms with van der Waals surface area (Å²) in [6.45, 7) is 2.48. The lowest BCUT2D eigenvalue weighted by atomic mass is 9.48. The van der Waals surface area contributed by atoms with Crippen molar-refractivity contribution in [3.63, 3.8) is 0 Å². The minimum absolute atomic E-state index is 0.759. The molecule has 5 saturated carbocycles. The van der Waals surface area contributed by atoms with E-state index in [9.17, 15) is 0 Å². The first-order valence-corrected chi connectivity index (χ1v) is 9.47. The lowest BCUT2D eigenvalue weighted by Gasteiger charge is -2.57. The standard InChI is InChI=1S/C19H33N/c1-14(20-18-5-3-2-4-6-18)10-19-11-15-7-16(12-19)9-17(8-15)13-19/h14-18,20H,2-13H2,1H3. The summed E-state index contributed by atoms with van der Waals surface area (Å²) in [5.74, 6) is 3.34. The molecule has 5 aliphatic rings. The molecule has 1 heteroatoms. The lowest BCUT2D eigenvalue weighted by Crippen LogP contribution is -2.49. The van der Waals surface area contributed by atoms with Crippen LogP contribution in [0.5, 0.6) is 0 Å². The van der Waals surface area contributed by atoms with Crippen LogP contribution >= 0.6 is 0 Å². The monoisotopic (exact) mass is 275 g/mol. The highest BCUT2D eigenvalue weighted by Crippen LogP contribution is 2.61. The third-order valence-corrected chi connectivity index (χ3v) is 7.03. The van der Waals surface area contributed by atoms with Crippen LogP contribution in [-0.4, -0.2) is 12.1 Å². The van der Waals surface area contributed by atoms with Gasteiger partial charge in [0.2, 0.25) is 0 Å². The number of rotatable bonds is 4. The molecule has 1 atom stereocenters. The zero-order valence-corrected chi connectivity index (χ0v) is 13.4. The Hall–Kier alpha value is -0.0400. The molecule has 114 valence electrons. The van der Waals surface area contributed by atoms with E-state index in [1.54, 1.807) is 38.5 Å². The molecular formula is C19H33N. The molecule has 5 fully saturated rings. The molecular weight excluding hydrogens is 242 g/mol. The van der Waals surface area contributed by atoms with Gasteiger partial charge in [0.25, 0.3) is 0 Å². The molecule has 5 aliphatic carbocycles. The number of nitrogens with one attached hydrogen (secondary N) is 1. The van der Waals surface area contributed by atoms with Gasteiger partial charge in [0.15, 0.2) is 0 Å². The Morgan fingerprint density at radius 2 is 1.45 bits per heavy atom. The van der Waals surface area contributed by atoms with Gasteiger partial charge in [-0.25, -0.2) is 0 Å². The molecule has 0 amide bonds. The number of hydrogen-bond acceptors (Lipinski definition) is 1. The van der Waals surface area contributed by atoms with Crippen molar-refractivity contribution < 1.29 is 0 Å². The minimum Gasteiger partial charge on any atom is -0.311 e. The van der Waals surface area contributed by atoms with E-state index in [4.69, 9.17) is 0 Å². The second-order valence-corrected chi connectivity index (χ2v) is 9.02. The molecule has 4 bridgehead atoms. The van der Waals surface area contributed by atoms with Crippen LogP contribution in [0.2, 0.25) is 0 Å². The van der Waals surface area contributed by atoms with Crippen molar-refractivity contribution in [1.29, 1.82) is 0 Å². The average Bonchev–Trinajstić information content (AvgIpc) is 2.37. The topological polar surface area (TPSA) is 12.0 Å². The van der Waals surface area contributed by atoms with Crippen LogP contribution in [-0.2, 0) is 0 Å². The van der Waals surface area contributed by atoms with Crippen LogP contribution in [0.1, 0.15) is 84.0 Å². The van der Waals surface area contributed by atoms with Crippen molar-refractivity contribution >= 4 is 0 Å². The van der Waals surface area contributed by atoms with E-state index in [1.807, 2.05) is 0 Å². The molecule has 1 N–H and O–H groups in total. The van der Waals surface area contributed by atoms with Gasteiger partial charge in [-0.15, -0.1) is 0 Å². The Kier molecular flexibility index (Phi) is 3.61. The van der Waals surface area contributed by atoms with E-state index in [0.29, 0.717) is 0 Å². The van der Waals surface area contributed by atoms with Gasteiger partial charge in [-0.3, -0.25) is 0 Å². The van der Waals surface area contributed by atoms with Gasteiger partial charge in [0.1, 0.15) is 0 Å². The summed E-state index contributed by atoms with van der Waals surface area (Å²) in [6, 6.07) is 1.60. The largest absolute Gasteiger partial charge is 0.311 e. The van der Waals surface area contributed by atoms with Crippen LogP contribution in [0.25, 0.3) is 0 Å². The first-order valence-electron chi connectivity index (χ1n) is 9.47. The zero-order chi connectivity index (χ0) is 13.6. The summed E-state index contributed by atoms with van der Waals surface area (Å²) in [4.78, 5) is 0. The van der Waals surface area contributed by atoms with Gasteiger partial charge in [0, 0.05) is 12.1 Å². The first kappa shape index (κ1) is 13.6. The van der Waals surface area contributed by atoms with Crippen LogP contribution in [0, 0.1) is 23.2 Å². The van der Waals surface area contributed by atoms with Gasteiger partial charge in [-0.05, 0) is 87.9 Å². The fraction of sp³-hybridized carbons (Fsp3) is 1.00.